The molecule has 17 heavy (non-hydrogen) atoms. The van der Waals surface area contributed by atoms with E-state index in [4.69, 9.17) is 5.11 Å². The first-order chi connectivity index (χ1) is 8.04. The van der Waals surface area contributed by atoms with Crippen LogP contribution < -0.4 is 5.32 Å². The topological polar surface area (TPSA) is 80.0 Å². The van der Waals surface area contributed by atoms with E-state index in [9.17, 15) is 4.79 Å². The summed E-state index contributed by atoms with van der Waals surface area (Å²) in [7, 11) is 1.80. The van der Waals surface area contributed by atoms with Crippen LogP contribution in [0.4, 0.5) is 0 Å². The van der Waals surface area contributed by atoms with Gasteiger partial charge in [-0.25, -0.2) is 4.98 Å². The van der Waals surface area contributed by atoms with E-state index in [0.717, 1.165) is 12.2 Å². The Balaban J connectivity index is 2.74. The summed E-state index contributed by atoms with van der Waals surface area (Å²) in [5.74, 6) is 1.01. The minimum atomic E-state index is -0.166. The zero-order valence-corrected chi connectivity index (χ0v) is 10.6. The zero-order valence-electron chi connectivity index (χ0n) is 10.6. The second-order valence-electron chi connectivity index (χ2n) is 4.47. The Morgan fingerprint density at radius 3 is 2.76 bits per heavy atom. The van der Waals surface area contributed by atoms with E-state index in [1.165, 1.54) is 6.33 Å². The van der Waals surface area contributed by atoms with Crippen molar-refractivity contribution in [3.8, 4) is 0 Å². The summed E-state index contributed by atoms with van der Waals surface area (Å²) in [5, 5.41) is 15.6. The quantitative estimate of drug-likeness (QED) is 0.754. The molecule has 0 saturated carbocycles. The highest BCUT2D eigenvalue weighted by molar-refractivity contribution is 5.76. The molecule has 0 fully saturated rings. The minimum absolute atomic E-state index is 0.118. The van der Waals surface area contributed by atoms with Gasteiger partial charge in [0.15, 0.2) is 0 Å². The Hall–Kier alpha value is -1.43. The van der Waals surface area contributed by atoms with Gasteiger partial charge >= 0.3 is 0 Å². The second-order valence-corrected chi connectivity index (χ2v) is 4.47. The van der Waals surface area contributed by atoms with E-state index in [-0.39, 0.29) is 25.0 Å². The molecular weight excluding hydrogens is 220 g/mol. The average molecular weight is 240 g/mol. The molecule has 6 nitrogen and oxygen atoms in total. The van der Waals surface area contributed by atoms with Gasteiger partial charge < -0.3 is 10.4 Å². The third-order valence-corrected chi connectivity index (χ3v) is 2.44. The van der Waals surface area contributed by atoms with Crippen LogP contribution in [-0.4, -0.2) is 32.4 Å². The van der Waals surface area contributed by atoms with Crippen LogP contribution in [0.2, 0.25) is 0 Å². The maximum absolute atomic E-state index is 11.5. The number of nitrogens with one attached hydrogen (secondary N) is 1. The molecule has 0 bridgehead atoms. The Labute approximate surface area is 101 Å². The average Bonchev–Trinajstić information content (AvgIpc) is 2.63. The van der Waals surface area contributed by atoms with E-state index in [0.29, 0.717) is 5.92 Å². The molecule has 0 aliphatic heterocycles. The highest BCUT2D eigenvalue weighted by atomic mass is 16.3. The van der Waals surface area contributed by atoms with Gasteiger partial charge in [0, 0.05) is 13.5 Å². The van der Waals surface area contributed by atoms with Crippen LogP contribution in [0.3, 0.4) is 0 Å². The van der Waals surface area contributed by atoms with Crippen molar-refractivity contribution in [3.63, 3.8) is 0 Å². The van der Waals surface area contributed by atoms with Crippen LogP contribution in [0.15, 0.2) is 6.33 Å². The molecule has 6 heteroatoms. The van der Waals surface area contributed by atoms with E-state index >= 15 is 0 Å². The first kappa shape index (κ1) is 13.6. The highest BCUT2D eigenvalue weighted by Gasteiger charge is 2.19. The number of aromatic nitrogens is 3. The van der Waals surface area contributed by atoms with Crippen molar-refractivity contribution in [2.24, 2.45) is 13.0 Å². The Kier molecular flexibility index (Phi) is 5.09. The van der Waals surface area contributed by atoms with E-state index in [1.54, 1.807) is 11.7 Å². The van der Waals surface area contributed by atoms with Gasteiger partial charge in [-0.2, -0.15) is 5.10 Å². The molecule has 1 amide bonds. The monoisotopic (exact) mass is 240 g/mol. The highest BCUT2D eigenvalue weighted by Crippen LogP contribution is 2.18. The largest absolute Gasteiger partial charge is 0.396 e. The number of nitrogens with zero attached hydrogens (tertiary/aromatic N) is 3. The molecule has 96 valence electrons. The molecule has 1 atom stereocenters. The second kappa shape index (κ2) is 6.34. The number of rotatable bonds is 6. The molecule has 0 aliphatic carbocycles. The smallest absolute Gasteiger partial charge is 0.222 e. The summed E-state index contributed by atoms with van der Waals surface area (Å²) in [4.78, 5) is 15.7. The lowest BCUT2D eigenvalue weighted by atomic mass is 10.0. The molecule has 0 aliphatic rings. The fraction of sp³-hybridized carbons (Fsp3) is 0.727. The summed E-state index contributed by atoms with van der Waals surface area (Å²) < 4.78 is 1.66. The molecule has 0 saturated heterocycles. The molecule has 0 spiro atoms. The van der Waals surface area contributed by atoms with Crippen molar-refractivity contribution >= 4 is 5.91 Å². The molecule has 1 heterocycles. The predicted molar refractivity (Wildman–Crippen MR) is 63.0 cm³/mol. The van der Waals surface area contributed by atoms with Gasteiger partial charge in [0.25, 0.3) is 0 Å². The van der Waals surface area contributed by atoms with Crippen LogP contribution in [0.1, 0.15) is 38.6 Å². The number of amides is 1. The molecule has 0 aromatic carbocycles. The number of carbonyl (C=O) groups excluding carboxylic acids is 1. The molecule has 0 unspecified atom stereocenters. The first-order valence-corrected chi connectivity index (χ1v) is 5.78. The van der Waals surface area contributed by atoms with Gasteiger partial charge in [0.05, 0.1) is 12.6 Å². The van der Waals surface area contributed by atoms with E-state index in [2.05, 4.69) is 29.2 Å². The Morgan fingerprint density at radius 2 is 2.29 bits per heavy atom. The number of aliphatic hydroxyl groups is 1. The molecular formula is C11H20N4O2. The summed E-state index contributed by atoms with van der Waals surface area (Å²) in [5.41, 5.74) is 0. The van der Waals surface area contributed by atoms with Crippen molar-refractivity contribution in [3.05, 3.63) is 12.2 Å². The molecule has 2 N–H and O–H groups in total. The van der Waals surface area contributed by atoms with Gasteiger partial charge in [-0.3, -0.25) is 9.48 Å². The third kappa shape index (κ3) is 4.14. The van der Waals surface area contributed by atoms with Crippen LogP contribution in [0, 0.1) is 5.92 Å². The zero-order chi connectivity index (χ0) is 12.8. The van der Waals surface area contributed by atoms with E-state index < -0.39 is 0 Å². The maximum atomic E-state index is 11.5. The molecule has 0 radical (unpaired) electrons. The van der Waals surface area contributed by atoms with Crippen molar-refractivity contribution in [1.82, 2.24) is 20.1 Å². The van der Waals surface area contributed by atoms with Gasteiger partial charge in [-0.15, -0.1) is 0 Å². The lowest BCUT2D eigenvalue weighted by Crippen LogP contribution is -2.31. The number of aliphatic hydroxyl groups excluding tert-OH is 1. The fourth-order valence-corrected chi connectivity index (χ4v) is 1.69. The van der Waals surface area contributed by atoms with Crippen LogP contribution in [0.25, 0.3) is 0 Å². The van der Waals surface area contributed by atoms with Gasteiger partial charge in [0.2, 0.25) is 5.91 Å². The Morgan fingerprint density at radius 1 is 1.59 bits per heavy atom. The standard InChI is InChI=1S/C11H20N4O2/c1-8(2)6-9(14-10(17)4-5-16)11-12-7-13-15(11)3/h7-9,16H,4-6H2,1-3H3,(H,14,17)/t9-/m0/s1. The van der Waals surface area contributed by atoms with Crippen LogP contribution in [-0.2, 0) is 11.8 Å². The normalized spacial score (nSPS) is 12.8. The van der Waals surface area contributed by atoms with Crippen molar-refractivity contribution in [2.75, 3.05) is 6.61 Å². The lowest BCUT2D eigenvalue weighted by molar-refractivity contribution is -0.122. The fourth-order valence-electron chi connectivity index (χ4n) is 1.69. The SMILES string of the molecule is CC(C)C[C@H](NC(=O)CCO)c1ncnn1C. The van der Waals surface area contributed by atoms with Crippen molar-refractivity contribution < 1.29 is 9.90 Å². The van der Waals surface area contributed by atoms with Crippen LogP contribution in [0.5, 0.6) is 0 Å². The lowest BCUT2D eigenvalue weighted by Gasteiger charge is -2.19. The summed E-state index contributed by atoms with van der Waals surface area (Å²) in [6, 6.07) is -0.151. The summed E-state index contributed by atoms with van der Waals surface area (Å²) >= 11 is 0. The third-order valence-electron chi connectivity index (χ3n) is 2.44. The minimum Gasteiger partial charge on any atom is -0.396 e. The summed E-state index contributed by atoms with van der Waals surface area (Å²) in [6.07, 6.45) is 2.39. The van der Waals surface area contributed by atoms with Gasteiger partial charge in [0.1, 0.15) is 12.2 Å². The van der Waals surface area contributed by atoms with Crippen LogP contribution >= 0.6 is 0 Å². The van der Waals surface area contributed by atoms with Crippen molar-refractivity contribution in [1.29, 1.82) is 0 Å². The molecule has 1 aromatic heterocycles. The number of aryl methyl sites for hydroxylation is 1. The maximum Gasteiger partial charge on any atom is 0.222 e. The molecule has 1 rings (SSSR count). The van der Waals surface area contributed by atoms with E-state index in [1.807, 2.05) is 0 Å². The first-order valence-electron chi connectivity index (χ1n) is 5.78. The Bertz CT molecular complexity index is 362. The predicted octanol–water partition coefficient (Wildman–Crippen LogP) is 0.401. The van der Waals surface area contributed by atoms with Crippen molar-refractivity contribution in [2.45, 2.75) is 32.7 Å². The number of hydrogen-bond acceptors (Lipinski definition) is 4. The molecule has 1 aromatic rings. The van der Waals surface area contributed by atoms with Gasteiger partial charge in [-0.05, 0) is 12.3 Å². The number of hydrogen-bond donors (Lipinski definition) is 2. The van der Waals surface area contributed by atoms with Gasteiger partial charge in [-0.1, -0.05) is 13.8 Å². The summed E-state index contributed by atoms with van der Waals surface area (Å²) in [6.45, 7) is 4.03. The number of carbonyl (C=O) groups is 1.